The largest absolute Gasteiger partial charge is 0.398 e. The lowest BCUT2D eigenvalue weighted by atomic mass is 10.1. The van der Waals surface area contributed by atoms with Crippen LogP contribution >= 0.6 is 0 Å². The SMILES string of the molecule is Cc1cc(N)c(C)c(S(=O)(=O)N(C)CCN(C)C)c1C. The van der Waals surface area contributed by atoms with Crippen LogP contribution in [0.2, 0.25) is 0 Å². The highest BCUT2D eigenvalue weighted by molar-refractivity contribution is 7.89. The molecule has 0 spiro atoms. The predicted octanol–water partition coefficient (Wildman–Crippen LogP) is 1.38. The maximum atomic E-state index is 12.7. The third kappa shape index (κ3) is 3.31. The van der Waals surface area contributed by atoms with Gasteiger partial charge in [0.2, 0.25) is 10.0 Å². The number of likely N-dealkylation sites (N-methyl/N-ethyl adjacent to an activating group) is 2. The Morgan fingerprint density at radius 2 is 1.60 bits per heavy atom. The third-order valence-electron chi connectivity index (χ3n) is 3.61. The van der Waals surface area contributed by atoms with E-state index in [1.54, 1.807) is 14.0 Å². The first-order chi connectivity index (χ1) is 9.09. The van der Waals surface area contributed by atoms with E-state index in [4.69, 9.17) is 5.73 Å². The molecule has 0 fully saturated rings. The van der Waals surface area contributed by atoms with Crippen molar-refractivity contribution >= 4 is 15.7 Å². The second kappa shape index (κ2) is 6.11. The average Bonchev–Trinajstić information content (AvgIpc) is 2.33. The first-order valence-electron chi connectivity index (χ1n) is 6.56. The van der Waals surface area contributed by atoms with Crippen LogP contribution in [0.3, 0.4) is 0 Å². The molecule has 1 aromatic carbocycles. The molecule has 0 aliphatic rings. The quantitative estimate of drug-likeness (QED) is 0.834. The number of benzene rings is 1. The van der Waals surface area contributed by atoms with E-state index in [1.807, 2.05) is 38.9 Å². The van der Waals surface area contributed by atoms with E-state index >= 15 is 0 Å². The zero-order valence-electron chi connectivity index (χ0n) is 13.2. The van der Waals surface area contributed by atoms with Crippen LogP contribution in [0.15, 0.2) is 11.0 Å². The second-order valence-electron chi connectivity index (χ2n) is 5.49. The van der Waals surface area contributed by atoms with Crippen molar-refractivity contribution in [3.05, 3.63) is 22.8 Å². The number of nitrogens with two attached hydrogens (primary N) is 1. The van der Waals surface area contributed by atoms with Gasteiger partial charge in [0.1, 0.15) is 0 Å². The van der Waals surface area contributed by atoms with E-state index in [0.29, 0.717) is 29.2 Å². The monoisotopic (exact) mass is 299 g/mol. The minimum atomic E-state index is -3.51. The molecule has 0 unspecified atom stereocenters. The summed E-state index contributed by atoms with van der Waals surface area (Å²) in [6, 6.07) is 1.82. The lowest BCUT2D eigenvalue weighted by molar-refractivity contribution is 0.358. The summed E-state index contributed by atoms with van der Waals surface area (Å²) in [4.78, 5) is 2.30. The first kappa shape index (κ1) is 16.9. The van der Waals surface area contributed by atoms with Gasteiger partial charge < -0.3 is 10.6 Å². The Hall–Kier alpha value is -1.11. The smallest absolute Gasteiger partial charge is 0.243 e. The number of nitrogens with zero attached hydrogens (tertiary/aromatic N) is 2. The van der Waals surface area contributed by atoms with Crippen LogP contribution in [0.25, 0.3) is 0 Å². The number of aryl methyl sites for hydroxylation is 1. The summed E-state index contributed by atoms with van der Waals surface area (Å²) in [5, 5.41) is 0. The Morgan fingerprint density at radius 1 is 1.05 bits per heavy atom. The maximum absolute atomic E-state index is 12.7. The van der Waals surface area contributed by atoms with Gasteiger partial charge in [-0.2, -0.15) is 4.31 Å². The Kier molecular flexibility index (Phi) is 5.18. The van der Waals surface area contributed by atoms with Gasteiger partial charge in [-0.3, -0.25) is 0 Å². The van der Waals surface area contributed by atoms with E-state index in [-0.39, 0.29) is 0 Å². The van der Waals surface area contributed by atoms with Crippen molar-refractivity contribution in [1.82, 2.24) is 9.21 Å². The standard InChI is InChI=1S/C14H25N3O2S/c1-10-9-13(15)12(3)14(11(10)2)20(18,19)17(6)8-7-16(4)5/h9H,7-8,15H2,1-6H3. The van der Waals surface area contributed by atoms with Crippen molar-refractivity contribution < 1.29 is 8.42 Å². The molecule has 0 amide bonds. The molecule has 0 bridgehead atoms. The maximum Gasteiger partial charge on any atom is 0.243 e. The van der Waals surface area contributed by atoms with Gasteiger partial charge in [0.05, 0.1) is 4.90 Å². The van der Waals surface area contributed by atoms with E-state index in [9.17, 15) is 8.42 Å². The average molecular weight is 299 g/mol. The van der Waals surface area contributed by atoms with Crippen molar-refractivity contribution in [3.63, 3.8) is 0 Å². The summed E-state index contributed by atoms with van der Waals surface area (Å²) >= 11 is 0. The zero-order valence-corrected chi connectivity index (χ0v) is 14.0. The molecule has 0 heterocycles. The summed E-state index contributed by atoms with van der Waals surface area (Å²) in [6.07, 6.45) is 0. The van der Waals surface area contributed by atoms with Gasteiger partial charge in [-0.05, 0) is 57.6 Å². The summed E-state index contributed by atoms with van der Waals surface area (Å²) in [5.74, 6) is 0. The molecule has 0 atom stereocenters. The van der Waals surface area contributed by atoms with Gasteiger partial charge in [0.15, 0.2) is 0 Å². The lowest BCUT2D eigenvalue weighted by Crippen LogP contribution is -2.34. The van der Waals surface area contributed by atoms with Crippen LogP contribution in [0.4, 0.5) is 5.69 Å². The molecule has 0 aliphatic heterocycles. The van der Waals surface area contributed by atoms with Gasteiger partial charge in [0, 0.05) is 25.8 Å². The molecule has 114 valence electrons. The first-order valence-corrected chi connectivity index (χ1v) is 8.00. The van der Waals surface area contributed by atoms with Gasteiger partial charge in [-0.15, -0.1) is 0 Å². The highest BCUT2D eigenvalue weighted by Gasteiger charge is 2.26. The fourth-order valence-electron chi connectivity index (χ4n) is 2.04. The molecular weight excluding hydrogens is 274 g/mol. The van der Waals surface area contributed by atoms with Crippen LogP contribution < -0.4 is 5.73 Å². The van der Waals surface area contributed by atoms with Crippen LogP contribution in [0.1, 0.15) is 16.7 Å². The van der Waals surface area contributed by atoms with E-state index in [0.717, 1.165) is 11.1 Å². The van der Waals surface area contributed by atoms with E-state index < -0.39 is 10.0 Å². The predicted molar refractivity (Wildman–Crippen MR) is 83.4 cm³/mol. The van der Waals surface area contributed by atoms with Crippen LogP contribution in [-0.4, -0.2) is 51.9 Å². The van der Waals surface area contributed by atoms with Crippen molar-refractivity contribution in [3.8, 4) is 0 Å². The molecule has 0 radical (unpaired) electrons. The number of nitrogen functional groups attached to an aromatic ring is 1. The number of anilines is 1. The zero-order chi connectivity index (χ0) is 15.7. The summed E-state index contributed by atoms with van der Waals surface area (Å²) in [5.41, 5.74) is 8.74. The number of rotatable bonds is 5. The summed E-state index contributed by atoms with van der Waals surface area (Å²) < 4.78 is 26.9. The highest BCUT2D eigenvalue weighted by Crippen LogP contribution is 2.29. The normalized spacial score (nSPS) is 12.4. The van der Waals surface area contributed by atoms with Crippen LogP contribution in [-0.2, 0) is 10.0 Å². The fourth-order valence-corrected chi connectivity index (χ4v) is 3.73. The minimum absolute atomic E-state index is 0.344. The Morgan fingerprint density at radius 3 is 2.10 bits per heavy atom. The fraction of sp³-hybridized carbons (Fsp3) is 0.571. The van der Waals surface area contributed by atoms with Gasteiger partial charge in [-0.25, -0.2) is 8.42 Å². The number of hydrogen-bond donors (Lipinski definition) is 1. The molecule has 1 aromatic rings. The molecular formula is C14H25N3O2S. The number of sulfonamides is 1. The van der Waals surface area contributed by atoms with Crippen molar-refractivity contribution in [2.45, 2.75) is 25.7 Å². The molecule has 0 saturated heterocycles. The van der Waals surface area contributed by atoms with Crippen LogP contribution in [0, 0.1) is 20.8 Å². The second-order valence-corrected chi connectivity index (χ2v) is 7.47. The van der Waals surface area contributed by atoms with Gasteiger partial charge in [-0.1, -0.05) is 0 Å². The molecule has 0 saturated carbocycles. The van der Waals surface area contributed by atoms with Crippen molar-refractivity contribution in [2.75, 3.05) is 40.0 Å². The van der Waals surface area contributed by atoms with Gasteiger partial charge in [0.25, 0.3) is 0 Å². The third-order valence-corrected chi connectivity index (χ3v) is 5.74. The topological polar surface area (TPSA) is 66.6 Å². The summed E-state index contributed by atoms with van der Waals surface area (Å²) in [6.45, 7) is 6.59. The molecule has 20 heavy (non-hydrogen) atoms. The number of hydrogen-bond acceptors (Lipinski definition) is 4. The molecule has 2 N–H and O–H groups in total. The van der Waals surface area contributed by atoms with Crippen LogP contribution in [0.5, 0.6) is 0 Å². The Bertz CT molecular complexity index is 569. The summed E-state index contributed by atoms with van der Waals surface area (Å²) in [7, 11) is 1.93. The molecule has 5 nitrogen and oxygen atoms in total. The molecule has 1 rings (SSSR count). The van der Waals surface area contributed by atoms with Crippen molar-refractivity contribution in [2.24, 2.45) is 0 Å². The molecule has 0 aliphatic carbocycles. The Labute approximate surface area is 122 Å². The highest BCUT2D eigenvalue weighted by atomic mass is 32.2. The van der Waals surface area contributed by atoms with Crippen molar-refractivity contribution in [1.29, 1.82) is 0 Å². The van der Waals surface area contributed by atoms with Gasteiger partial charge >= 0.3 is 0 Å². The molecule has 6 heteroatoms. The van der Waals surface area contributed by atoms with E-state index in [2.05, 4.69) is 0 Å². The Balaban J connectivity index is 3.29. The minimum Gasteiger partial charge on any atom is -0.398 e. The van der Waals surface area contributed by atoms with E-state index in [1.165, 1.54) is 4.31 Å². The molecule has 0 aromatic heterocycles. The lowest BCUT2D eigenvalue weighted by Gasteiger charge is -2.23.